The van der Waals surface area contributed by atoms with Crippen LogP contribution in [-0.4, -0.2) is 45.7 Å². The fraction of sp³-hybridized carbons (Fsp3) is 0.750. The first-order valence-electron chi connectivity index (χ1n) is 4.66. The van der Waals surface area contributed by atoms with Crippen LogP contribution in [0.1, 0.15) is 12.8 Å². The number of aliphatic carboxylic acids is 2. The number of carbonyl (C=O) groups is 2. The van der Waals surface area contributed by atoms with Crippen molar-refractivity contribution in [2.45, 2.75) is 24.9 Å². The van der Waals surface area contributed by atoms with Gasteiger partial charge in [0.25, 0.3) is 0 Å². The zero-order valence-corrected chi connectivity index (χ0v) is 14.0. The molecule has 17 heavy (non-hydrogen) atoms. The fourth-order valence-electron chi connectivity index (χ4n) is 0.715. The first kappa shape index (κ1) is 19.5. The average molecular weight is 334 g/mol. The molecule has 0 spiro atoms. The van der Waals surface area contributed by atoms with Gasteiger partial charge in [0.05, 0.1) is 0 Å². The second-order valence-electron chi connectivity index (χ2n) is 3.11. The Labute approximate surface area is 120 Å². The molecule has 0 rings (SSSR count). The molecule has 6 nitrogen and oxygen atoms in total. The fourth-order valence-corrected chi connectivity index (χ4v) is 2.94. The van der Waals surface area contributed by atoms with Gasteiger partial charge in [0.2, 0.25) is 0 Å². The Kier molecular flexibility index (Phi) is 13.0. The van der Waals surface area contributed by atoms with Gasteiger partial charge in [-0.3, -0.25) is 9.59 Å². The first-order chi connectivity index (χ1) is 7.45. The van der Waals surface area contributed by atoms with E-state index in [1.165, 1.54) is 21.6 Å². The predicted octanol–water partition coefficient (Wildman–Crippen LogP) is -0.0307. The summed E-state index contributed by atoms with van der Waals surface area (Å²) in [6.07, 6.45) is 0.802. The number of carboxylic acids is 2. The summed E-state index contributed by atoms with van der Waals surface area (Å²) in [6.45, 7) is 0. The van der Waals surface area contributed by atoms with Crippen molar-refractivity contribution >= 4 is 33.5 Å². The number of hydrogen-bond acceptors (Lipinski definition) is 6. The first-order valence-corrected chi connectivity index (χ1v) is 7.15. The Morgan fingerprint density at radius 1 is 0.941 bits per heavy atom. The van der Waals surface area contributed by atoms with Crippen LogP contribution in [-0.2, 0) is 29.1 Å². The van der Waals surface area contributed by atoms with Crippen molar-refractivity contribution < 1.29 is 39.3 Å². The molecule has 0 bridgehead atoms. The number of carboxylic acid groups (broad SMARTS) is 2. The van der Waals surface area contributed by atoms with Gasteiger partial charge < -0.3 is 21.7 Å². The predicted molar refractivity (Wildman–Crippen MR) is 65.4 cm³/mol. The molecule has 96 valence electrons. The molecule has 9 heteroatoms. The van der Waals surface area contributed by atoms with Crippen LogP contribution in [0.2, 0.25) is 0 Å². The molecule has 0 radical (unpaired) electrons. The zero-order chi connectivity index (χ0) is 12.6. The van der Waals surface area contributed by atoms with E-state index in [1.807, 2.05) is 0 Å². The third kappa shape index (κ3) is 11.0. The van der Waals surface area contributed by atoms with Crippen LogP contribution in [0.15, 0.2) is 0 Å². The molecule has 0 aliphatic carbocycles. The van der Waals surface area contributed by atoms with Gasteiger partial charge in [0, 0.05) is 31.0 Å². The van der Waals surface area contributed by atoms with E-state index in [0.717, 1.165) is 0 Å². The van der Waals surface area contributed by atoms with Gasteiger partial charge in [-0.25, -0.2) is 0 Å². The average Bonchev–Trinajstić information content (AvgIpc) is 2.21. The summed E-state index contributed by atoms with van der Waals surface area (Å²) in [4.78, 5) is 20.7. The number of rotatable bonds is 9. The minimum Gasteiger partial charge on any atom is -0.480 e. The van der Waals surface area contributed by atoms with E-state index in [2.05, 4.69) is 0 Å². The summed E-state index contributed by atoms with van der Waals surface area (Å²) in [5, 5.41) is 17.0. The molecule has 0 saturated heterocycles. The molecule has 0 fully saturated rings. The Bertz CT molecular complexity index is 222. The minimum absolute atomic E-state index is 0. The number of hydrogen-bond donors (Lipinski definition) is 4. The Balaban J connectivity index is 0. The molecule has 0 unspecified atom stereocenters. The second kappa shape index (κ2) is 11.3. The third-order valence-corrected chi connectivity index (χ3v) is 4.21. The van der Waals surface area contributed by atoms with Crippen molar-refractivity contribution in [3.8, 4) is 0 Å². The van der Waals surface area contributed by atoms with Crippen LogP contribution in [0, 0.1) is 0 Å². The van der Waals surface area contributed by atoms with E-state index in [-0.39, 0.29) is 19.5 Å². The van der Waals surface area contributed by atoms with Gasteiger partial charge in [-0.05, 0) is 12.8 Å². The van der Waals surface area contributed by atoms with Crippen molar-refractivity contribution in [3.05, 3.63) is 0 Å². The van der Waals surface area contributed by atoms with Crippen LogP contribution < -0.4 is 11.5 Å². The Morgan fingerprint density at radius 2 is 1.24 bits per heavy atom. The summed E-state index contributed by atoms with van der Waals surface area (Å²) in [6, 6.07) is -1.65. The van der Waals surface area contributed by atoms with Crippen LogP contribution in [0.3, 0.4) is 0 Å². The van der Waals surface area contributed by atoms with Crippen LogP contribution in [0.4, 0.5) is 0 Å². The molecular weight excluding hydrogens is 318 g/mol. The van der Waals surface area contributed by atoms with Crippen LogP contribution in [0.25, 0.3) is 0 Å². The van der Waals surface area contributed by atoms with Crippen molar-refractivity contribution in [1.29, 1.82) is 0 Å². The molecule has 0 heterocycles. The minimum atomic E-state index is -1.00. The van der Waals surface area contributed by atoms with Crippen molar-refractivity contribution in [3.63, 3.8) is 0 Å². The van der Waals surface area contributed by atoms with Gasteiger partial charge in [-0.1, -0.05) is 21.6 Å². The maximum Gasteiger partial charge on any atom is 0.320 e. The molecule has 0 aromatic heterocycles. The van der Waals surface area contributed by atoms with Crippen LogP contribution >= 0.6 is 21.6 Å². The summed E-state index contributed by atoms with van der Waals surface area (Å²) < 4.78 is 0. The summed E-state index contributed by atoms with van der Waals surface area (Å²) in [7, 11) is 2.96. The van der Waals surface area contributed by atoms with Crippen molar-refractivity contribution in [2.24, 2.45) is 11.5 Å². The van der Waals surface area contributed by atoms with E-state index in [4.69, 9.17) is 21.7 Å². The summed E-state index contributed by atoms with van der Waals surface area (Å²) in [5.74, 6) is -0.752. The smallest absolute Gasteiger partial charge is 0.320 e. The normalized spacial score (nSPS) is 13.5. The van der Waals surface area contributed by atoms with Gasteiger partial charge in [-0.15, -0.1) is 0 Å². The van der Waals surface area contributed by atoms with E-state index < -0.39 is 24.0 Å². The van der Waals surface area contributed by atoms with Crippen LogP contribution in [0.5, 0.6) is 0 Å². The second-order valence-corrected chi connectivity index (χ2v) is 5.81. The van der Waals surface area contributed by atoms with E-state index in [1.54, 1.807) is 0 Å². The zero-order valence-electron chi connectivity index (χ0n) is 9.37. The van der Waals surface area contributed by atoms with E-state index in [0.29, 0.717) is 24.3 Å². The summed E-state index contributed by atoms with van der Waals surface area (Å²) >= 11 is 0. The maximum absolute atomic E-state index is 10.4. The van der Waals surface area contributed by atoms with Gasteiger partial charge in [0.15, 0.2) is 0 Å². The standard InChI is InChI=1S/C8H16N2O4S2.Zn/c9-5(7(11)12)1-3-15-16-4-2-6(10)8(13)14;/h5-6H,1-4,9-10H2,(H,11,12)(H,13,14);/t5-,6-;/m0./s1. The molecule has 6 N–H and O–H groups in total. The largest absolute Gasteiger partial charge is 0.480 e. The van der Waals surface area contributed by atoms with Gasteiger partial charge in [-0.2, -0.15) is 0 Å². The molecule has 0 aliphatic heterocycles. The Hall–Kier alpha value is 0.183. The summed E-state index contributed by atoms with van der Waals surface area (Å²) in [5.41, 5.74) is 10.6. The Morgan fingerprint density at radius 3 is 1.47 bits per heavy atom. The SMILES string of the molecule is N[C@@H](CCSSCC[C@H](N)C(=O)O)C(=O)O.[Zn]. The molecule has 0 aromatic carbocycles. The third-order valence-electron chi connectivity index (χ3n) is 1.74. The van der Waals surface area contributed by atoms with Crippen molar-refractivity contribution in [2.75, 3.05) is 11.5 Å². The molecule has 0 saturated carbocycles. The molecule has 2 atom stereocenters. The van der Waals surface area contributed by atoms with E-state index >= 15 is 0 Å². The monoisotopic (exact) mass is 332 g/mol. The van der Waals surface area contributed by atoms with E-state index in [9.17, 15) is 9.59 Å². The molecule has 0 amide bonds. The number of nitrogens with two attached hydrogens (primary N) is 2. The van der Waals surface area contributed by atoms with Gasteiger partial charge >= 0.3 is 11.9 Å². The quantitative estimate of drug-likeness (QED) is 0.263. The molecule has 0 aliphatic rings. The van der Waals surface area contributed by atoms with Crippen molar-refractivity contribution in [1.82, 2.24) is 0 Å². The maximum atomic E-state index is 10.4. The van der Waals surface area contributed by atoms with Gasteiger partial charge in [0.1, 0.15) is 12.1 Å². The topological polar surface area (TPSA) is 127 Å². The molecule has 0 aromatic rings. The molecular formula is C8H16N2O4S2Zn.